The molecule has 0 aromatic carbocycles. The molecule has 58 heavy (non-hydrogen) atoms. The predicted molar refractivity (Wildman–Crippen MR) is 240 cm³/mol. The fourth-order valence-corrected chi connectivity index (χ4v) is 7.30. The molecule has 0 aromatic rings. The molecule has 8 nitrogen and oxygen atoms in total. The minimum Gasteiger partial charge on any atom is -0.544 e. The highest BCUT2D eigenvalue weighted by Gasteiger charge is 2.25. The van der Waals surface area contributed by atoms with E-state index in [0.29, 0.717) is 12.8 Å². The van der Waals surface area contributed by atoms with Gasteiger partial charge >= 0.3 is 11.9 Å². The summed E-state index contributed by atoms with van der Waals surface area (Å²) in [6, 6.07) is -0.726. The van der Waals surface area contributed by atoms with Crippen molar-refractivity contribution in [1.82, 2.24) is 0 Å². The van der Waals surface area contributed by atoms with Gasteiger partial charge in [-0.3, -0.25) is 9.59 Å². The number of hydrogen-bond acceptors (Lipinski definition) is 7. The second-order valence-corrected chi connectivity index (χ2v) is 17.7. The van der Waals surface area contributed by atoms with Gasteiger partial charge in [-0.2, -0.15) is 0 Å². The Kier molecular flexibility index (Phi) is 40.0. The van der Waals surface area contributed by atoms with Gasteiger partial charge in [-0.05, 0) is 38.5 Å². The van der Waals surface area contributed by atoms with Crippen molar-refractivity contribution >= 4 is 17.9 Å². The van der Waals surface area contributed by atoms with E-state index in [-0.39, 0.29) is 42.7 Å². The van der Waals surface area contributed by atoms with Gasteiger partial charge in [0.1, 0.15) is 12.6 Å². The third kappa shape index (κ3) is 39.3. The average Bonchev–Trinajstić information content (AvgIpc) is 3.18. The maximum absolute atomic E-state index is 12.7. The van der Waals surface area contributed by atoms with E-state index in [4.69, 9.17) is 14.2 Å². The Morgan fingerprint density at radius 1 is 0.517 bits per heavy atom. The molecule has 0 aliphatic carbocycles. The summed E-state index contributed by atoms with van der Waals surface area (Å²) in [5.41, 5.74) is 0. The first-order valence-electron chi connectivity index (χ1n) is 24.4. The Morgan fingerprint density at radius 2 is 0.897 bits per heavy atom. The SMILES string of the molecule is CCCCCCCCC/C=C/C=C/CCCCCCCC(=O)OC(COCCC(C(=O)[O-])[N+](C)(C)C)COC(=O)CCCCCCCCCCCCCCCCCC. The van der Waals surface area contributed by atoms with Crippen molar-refractivity contribution in [3.63, 3.8) is 0 Å². The highest BCUT2D eigenvalue weighted by atomic mass is 16.6. The monoisotopic (exact) mass is 820 g/mol. The number of likely N-dealkylation sites (N-methyl/N-ethyl adjacent to an activating group) is 1. The molecule has 0 radical (unpaired) electrons. The third-order valence-corrected chi connectivity index (χ3v) is 11.1. The zero-order valence-corrected chi connectivity index (χ0v) is 38.7. The summed E-state index contributed by atoms with van der Waals surface area (Å²) >= 11 is 0. The quantitative estimate of drug-likeness (QED) is 0.0261. The van der Waals surface area contributed by atoms with E-state index >= 15 is 0 Å². The van der Waals surface area contributed by atoms with Gasteiger partial charge in [-0.25, -0.2) is 0 Å². The van der Waals surface area contributed by atoms with E-state index < -0.39 is 18.1 Å². The molecule has 0 saturated carbocycles. The number of allylic oxidation sites excluding steroid dienone is 4. The number of quaternary nitrogens is 1. The van der Waals surface area contributed by atoms with E-state index in [2.05, 4.69) is 38.2 Å². The van der Waals surface area contributed by atoms with Crippen LogP contribution >= 0.6 is 0 Å². The summed E-state index contributed by atoms with van der Waals surface area (Å²) in [5.74, 6) is -1.74. The number of carbonyl (C=O) groups excluding carboxylic acids is 3. The number of unbranched alkanes of at least 4 members (excludes halogenated alkanes) is 27. The van der Waals surface area contributed by atoms with Gasteiger partial charge < -0.3 is 28.6 Å². The van der Waals surface area contributed by atoms with Crippen LogP contribution in [0.4, 0.5) is 0 Å². The summed E-state index contributed by atoms with van der Waals surface area (Å²) in [7, 11) is 5.41. The van der Waals surface area contributed by atoms with Crippen LogP contribution in [0, 0.1) is 0 Å². The second-order valence-electron chi connectivity index (χ2n) is 17.7. The fourth-order valence-electron chi connectivity index (χ4n) is 7.30. The van der Waals surface area contributed by atoms with Gasteiger partial charge in [0.25, 0.3) is 0 Å². The van der Waals surface area contributed by atoms with Crippen LogP contribution < -0.4 is 5.11 Å². The van der Waals surface area contributed by atoms with Crippen LogP contribution in [0.2, 0.25) is 0 Å². The normalized spacial score (nSPS) is 13.1. The minimum absolute atomic E-state index is 0.0385. The average molecular weight is 820 g/mol. The Hall–Kier alpha value is -2.19. The van der Waals surface area contributed by atoms with Gasteiger partial charge in [0.2, 0.25) is 0 Å². The Morgan fingerprint density at radius 3 is 1.29 bits per heavy atom. The molecule has 0 bridgehead atoms. The maximum atomic E-state index is 12.7. The molecule has 0 aromatic heterocycles. The summed E-state index contributed by atoms with van der Waals surface area (Å²) < 4.78 is 17.2. The molecule has 2 atom stereocenters. The van der Waals surface area contributed by atoms with E-state index in [0.717, 1.165) is 57.8 Å². The number of carbonyl (C=O) groups is 3. The Bertz CT molecular complexity index is 1000. The lowest BCUT2D eigenvalue weighted by Gasteiger charge is -2.34. The summed E-state index contributed by atoms with van der Waals surface area (Å²) in [6.07, 6.45) is 46.3. The highest BCUT2D eigenvalue weighted by molar-refractivity contribution is 5.70. The smallest absolute Gasteiger partial charge is 0.306 e. The molecule has 0 fully saturated rings. The molecule has 0 aliphatic rings. The maximum Gasteiger partial charge on any atom is 0.306 e. The lowest BCUT2D eigenvalue weighted by molar-refractivity contribution is -0.889. The molecule has 0 N–H and O–H groups in total. The van der Waals surface area contributed by atoms with Gasteiger partial charge in [-0.15, -0.1) is 0 Å². The molecule has 0 rings (SSSR count). The Balaban J connectivity index is 4.30. The molecule has 8 heteroatoms. The number of ether oxygens (including phenoxy) is 3. The molecule has 0 heterocycles. The predicted octanol–water partition coefficient (Wildman–Crippen LogP) is 12.3. The topological polar surface area (TPSA) is 102 Å². The standard InChI is InChI=1S/C50H93NO7/c1-6-8-10-12-14-16-18-20-22-24-25-27-29-31-33-35-37-39-41-49(53)58-46(44-56-43-42-47(50(54)55)51(3,4)5)45-57-48(52)40-38-36-34-32-30-28-26-23-21-19-17-15-13-11-9-7-2/h22,24-25,27,46-47H,6-21,23,26,28-45H2,1-5H3/b24-22+,27-25+. The first-order chi connectivity index (χ1) is 28.1. The van der Waals surface area contributed by atoms with Crippen LogP contribution in [0.15, 0.2) is 24.3 Å². The molecule has 340 valence electrons. The molecule has 0 amide bonds. The lowest BCUT2D eigenvalue weighted by atomic mass is 10.0. The van der Waals surface area contributed by atoms with Crippen LogP contribution in [0.5, 0.6) is 0 Å². The van der Waals surface area contributed by atoms with Crippen molar-refractivity contribution < 1.29 is 38.2 Å². The van der Waals surface area contributed by atoms with E-state index in [1.54, 1.807) is 21.1 Å². The second kappa shape index (κ2) is 41.5. The van der Waals surface area contributed by atoms with Crippen molar-refractivity contribution in [3.8, 4) is 0 Å². The first-order valence-corrected chi connectivity index (χ1v) is 24.4. The fraction of sp³-hybridized carbons (Fsp3) is 0.860. The van der Waals surface area contributed by atoms with E-state index in [9.17, 15) is 19.5 Å². The van der Waals surface area contributed by atoms with E-state index in [1.165, 1.54) is 135 Å². The molecule has 2 unspecified atom stereocenters. The lowest BCUT2D eigenvalue weighted by Crippen LogP contribution is -2.55. The molecule has 0 saturated heterocycles. The summed E-state index contributed by atoms with van der Waals surface area (Å²) in [6.45, 7) is 4.67. The third-order valence-electron chi connectivity index (χ3n) is 11.1. The van der Waals surface area contributed by atoms with Crippen molar-refractivity contribution in [1.29, 1.82) is 0 Å². The van der Waals surface area contributed by atoms with Crippen LogP contribution in [0.1, 0.15) is 226 Å². The number of carboxylic acid groups (broad SMARTS) is 1. The molecule has 0 aliphatic heterocycles. The number of carboxylic acids is 1. The van der Waals surface area contributed by atoms with Gasteiger partial charge in [0.05, 0.1) is 40.3 Å². The van der Waals surface area contributed by atoms with Crippen molar-refractivity contribution in [2.24, 2.45) is 0 Å². The summed E-state index contributed by atoms with van der Waals surface area (Å²) in [4.78, 5) is 36.9. The van der Waals surface area contributed by atoms with Gasteiger partial charge in [0.15, 0.2) is 6.10 Å². The molecular formula is C50H93NO7. The number of aliphatic carboxylic acids is 1. The number of esters is 2. The number of nitrogens with zero attached hydrogens (tertiary/aromatic N) is 1. The van der Waals surface area contributed by atoms with Crippen LogP contribution in [-0.4, -0.2) is 75.5 Å². The molecule has 0 spiro atoms. The zero-order valence-electron chi connectivity index (χ0n) is 38.7. The highest BCUT2D eigenvalue weighted by Crippen LogP contribution is 2.15. The van der Waals surface area contributed by atoms with Crippen molar-refractivity contribution in [2.75, 3.05) is 41.0 Å². The van der Waals surface area contributed by atoms with Crippen molar-refractivity contribution in [2.45, 2.75) is 238 Å². The van der Waals surface area contributed by atoms with E-state index in [1.807, 2.05) is 0 Å². The molecular weight excluding hydrogens is 727 g/mol. The van der Waals surface area contributed by atoms with Crippen LogP contribution in [0.3, 0.4) is 0 Å². The zero-order chi connectivity index (χ0) is 42.8. The van der Waals surface area contributed by atoms with Crippen LogP contribution in [-0.2, 0) is 28.6 Å². The van der Waals surface area contributed by atoms with Gasteiger partial charge in [-0.1, -0.05) is 192 Å². The van der Waals surface area contributed by atoms with Crippen LogP contribution in [0.25, 0.3) is 0 Å². The largest absolute Gasteiger partial charge is 0.544 e. The van der Waals surface area contributed by atoms with Crippen molar-refractivity contribution in [3.05, 3.63) is 24.3 Å². The number of hydrogen-bond donors (Lipinski definition) is 0. The number of rotatable bonds is 44. The summed E-state index contributed by atoms with van der Waals surface area (Å²) in [5, 5.41) is 11.6. The van der Waals surface area contributed by atoms with Gasteiger partial charge in [0, 0.05) is 19.3 Å². The minimum atomic E-state index is -1.12. The Labute approximate surface area is 358 Å². The first kappa shape index (κ1) is 55.8.